The van der Waals surface area contributed by atoms with Gasteiger partial charge in [-0.05, 0) is 18.2 Å². The molecule has 0 unspecified atom stereocenters. The molecule has 0 radical (unpaired) electrons. The summed E-state index contributed by atoms with van der Waals surface area (Å²) in [6.45, 7) is 0. The van der Waals surface area contributed by atoms with Crippen LogP contribution in [0.1, 0.15) is 0 Å². The van der Waals surface area contributed by atoms with Crippen molar-refractivity contribution >= 4 is 28.1 Å². The zero-order chi connectivity index (χ0) is 11.5. The number of aromatic nitrogens is 1. The molecule has 16 heavy (non-hydrogen) atoms. The lowest BCUT2D eigenvalue weighted by Gasteiger charge is -2.03. The number of nitrogens with one attached hydrogen (secondary N) is 1. The minimum absolute atomic E-state index is 0.646. The van der Waals surface area contributed by atoms with E-state index < -0.39 is 0 Å². The first-order chi connectivity index (χ1) is 7.74. The summed E-state index contributed by atoms with van der Waals surface area (Å²) in [5.41, 5.74) is 1.79. The van der Waals surface area contributed by atoms with Gasteiger partial charge in [0.15, 0.2) is 5.13 Å². The van der Waals surface area contributed by atoms with Crippen LogP contribution >= 0.6 is 22.9 Å². The van der Waals surface area contributed by atoms with Crippen LogP contribution in [0.5, 0.6) is 5.75 Å². The highest BCUT2D eigenvalue weighted by Gasteiger charge is 2.08. The molecule has 0 aliphatic rings. The predicted molar refractivity (Wildman–Crippen MR) is 68.7 cm³/mol. The fraction of sp³-hybridized carbons (Fsp3) is 0.182. The molecule has 5 heteroatoms. The van der Waals surface area contributed by atoms with E-state index in [1.54, 1.807) is 24.5 Å². The molecule has 0 bridgehead atoms. The van der Waals surface area contributed by atoms with E-state index >= 15 is 0 Å². The zero-order valence-corrected chi connectivity index (χ0v) is 10.5. The normalized spacial score (nSPS) is 10.2. The summed E-state index contributed by atoms with van der Waals surface area (Å²) in [5, 5.41) is 6.49. The number of hydrogen-bond acceptors (Lipinski definition) is 4. The highest BCUT2D eigenvalue weighted by atomic mass is 35.5. The topological polar surface area (TPSA) is 34.2 Å². The molecule has 1 N–H and O–H groups in total. The summed E-state index contributed by atoms with van der Waals surface area (Å²) in [6.07, 6.45) is 0. The Morgan fingerprint density at radius 3 is 2.81 bits per heavy atom. The summed E-state index contributed by atoms with van der Waals surface area (Å²) in [6, 6.07) is 5.57. The van der Waals surface area contributed by atoms with E-state index in [0.717, 1.165) is 22.1 Å². The van der Waals surface area contributed by atoms with Crippen molar-refractivity contribution in [2.24, 2.45) is 0 Å². The first kappa shape index (κ1) is 11.2. The molecule has 2 aromatic rings. The Labute approximate surface area is 103 Å². The Balaban J connectivity index is 2.40. The molecule has 0 spiro atoms. The van der Waals surface area contributed by atoms with Crippen molar-refractivity contribution in [1.82, 2.24) is 4.98 Å². The van der Waals surface area contributed by atoms with Gasteiger partial charge in [-0.1, -0.05) is 11.6 Å². The molecule has 0 saturated carbocycles. The van der Waals surface area contributed by atoms with E-state index in [4.69, 9.17) is 16.3 Å². The van der Waals surface area contributed by atoms with Crippen molar-refractivity contribution in [2.45, 2.75) is 0 Å². The quantitative estimate of drug-likeness (QED) is 0.910. The zero-order valence-electron chi connectivity index (χ0n) is 8.95. The molecule has 2 rings (SSSR count). The third kappa shape index (κ3) is 2.13. The van der Waals surface area contributed by atoms with E-state index in [1.165, 1.54) is 0 Å². The first-order valence-corrected chi connectivity index (χ1v) is 5.97. The molecule has 1 aromatic carbocycles. The maximum atomic E-state index is 6.16. The predicted octanol–water partition coefficient (Wildman–Crippen LogP) is 3.51. The molecular weight excluding hydrogens is 244 g/mol. The lowest BCUT2D eigenvalue weighted by atomic mass is 10.2. The van der Waals surface area contributed by atoms with Crippen LogP contribution in [0.25, 0.3) is 11.3 Å². The SMILES string of the molecule is CNc1nc(-c2ccc(OC)cc2Cl)cs1. The van der Waals surface area contributed by atoms with Gasteiger partial charge in [-0.2, -0.15) is 0 Å². The van der Waals surface area contributed by atoms with E-state index in [-0.39, 0.29) is 0 Å². The number of ether oxygens (including phenoxy) is 1. The van der Waals surface area contributed by atoms with Crippen LogP contribution in [0, 0.1) is 0 Å². The van der Waals surface area contributed by atoms with Crippen molar-refractivity contribution in [3.8, 4) is 17.0 Å². The van der Waals surface area contributed by atoms with Gasteiger partial charge in [0.05, 0.1) is 17.8 Å². The average Bonchev–Trinajstić information content (AvgIpc) is 2.77. The van der Waals surface area contributed by atoms with Crippen molar-refractivity contribution in [1.29, 1.82) is 0 Å². The number of rotatable bonds is 3. The molecule has 84 valence electrons. The third-order valence-electron chi connectivity index (χ3n) is 2.17. The lowest BCUT2D eigenvalue weighted by molar-refractivity contribution is 0.415. The monoisotopic (exact) mass is 254 g/mol. The number of nitrogens with zero attached hydrogens (tertiary/aromatic N) is 1. The van der Waals surface area contributed by atoms with Gasteiger partial charge < -0.3 is 10.1 Å². The number of halogens is 1. The average molecular weight is 255 g/mol. The summed E-state index contributed by atoms with van der Waals surface area (Å²) < 4.78 is 5.10. The Morgan fingerprint density at radius 1 is 1.44 bits per heavy atom. The van der Waals surface area contributed by atoms with Crippen LogP contribution in [-0.2, 0) is 0 Å². The second-order valence-corrected chi connectivity index (χ2v) is 4.40. The molecule has 3 nitrogen and oxygen atoms in total. The van der Waals surface area contributed by atoms with Crippen LogP contribution < -0.4 is 10.1 Å². The van der Waals surface area contributed by atoms with Gasteiger partial charge in [0.1, 0.15) is 5.75 Å². The highest BCUT2D eigenvalue weighted by molar-refractivity contribution is 7.14. The van der Waals surface area contributed by atoms with Gasteiger partial charge in [0.2, 0.25) is 0 Å². The summed E-state index contributed by atoms with van der Waals surface area (Å²) in [7, 11) is 3.46. The van der Waals surface area contributed by atoms with E-state index in [0.29, 0.717) is 5.02 Å². The van der Waals surface area contributed by atoms with E-state index in [9.17, 15) is 0 Å². The largest absolute Gasteiger partial charge is 0.497 e. The summed E-state index contributed by atoms with van der Waals surface area (Å²) in [4.78, 5) is 4.40. The van der Waals surface area contributed by atoms with Crippen molar-refractivity contribution in [2.75, 3.05) is 19.5 Å². The smallest absolute Gasteiger partial charge is 0.182 e. The lowest BCUT2D eigenvalue weighted by Crippen LogP contribution is -1.87. The Bertz CT molecular complexity index is 498. The van der Waals surface area contributed by atoms with Gasteiger partial charge in [-0.25, -0.2) is 4.98 Å². The number of methoxy groups -OCH3 is 1. The molecule has 1 heterocycles. The second kappa shape index (κ2) is 4.72. The van der Waals surface area contributed by atoms with Crippen LogP contribution in [-0.4, -0.2) is 19.1 Å². The highest BCUT2D eigenvalue weighted by Crippen LogP contribution is 2.32. The van der Waals surface area contributed by atoms with Crippen molar-refractivity contribution in [3.05, 3.63) is 28.6 Å². The van der Waals surface area contributed by atoms with Crippen LogP contribution in [0.4, 0.5) is 5.13 Å². The summed E-state index contributed by atoms with van der Waals surface area (Å²) >= 11 is 7.71. The Hall–Kier alpha value is -1.26. The molecule has 0 amide bonds. The molecule has 0 fully saturated rings. The van der Waals surface area contributed by atoms with Gasteiger partial charge in [-0.15, -0.1) is 11.3 Å². The van der Waals surface area contributed by atoms with Gasteiger partial charge in [-0.3, -0.25) is 0 Å². The molecule has 0 saturated heterocycles. The molecule has 0 atom stereocenters. The van der Waals surface area contributed by atoms with Crippen LogP contribution in [0.15, 0.2) is 23.6 Å². The van der Waals surface area contributed by atoms with Crippen molar-refractivity contribution in [3.63, 3.8) is 0 Å². The maximum absolute atomic E-state index is 6.16. The standard InChI is InChI=1S/C11H11ClN2OS/c1-13-11-14-10(6-16-11)8-4-3-7(15-2)5-9(8)12/h3-6H,1-2H3,(H,13,14). The fourth-order valence-corrected chi connectivity index (χ4v) is 2.28. The van der Waals surface area contributed by atoms with Gasteiger partial charge in [0.25, 0.3) is 0 Å². The summed E-state index contributed by atoms with van der Waals surface area (Å²) in [5.74, 6) is 0.748. The minimum atomic E-state index is 0.646. The van der Waals surface area contributed by atoms with Crippen LogP contribution in [0.2, 0.25) is 5.02 Å². The third-order valence-corrected chi connectivity index (χ3v) is 3.34. The molecule has 0 aliphatic heterocycles. The van der Waals surface area contributed by atoms with E-state index in [2.05, 4.69) is 10.3 Å². The molecule has 0 aliphatic carbocycles. The second-order valence-electron chi connectivity index (χ2n) is 3.13. The van der Waals surface area contributed by atoms with Crippen LogP contribution in [0.3, 0.4) is 0 Å². The maximum Gasteiger partial charge on any atom is 0.182 e. The molecule has 1 aromatic heterocycles. The number of benzene rings is 1. The van der Waals surface area contributed by atoms with Crippen molar-refractivity contribution < 1.29 is 4.74 Å². The van der Waals surface area contributed by atoms with E-state index in [1.807, 2.05) is 24.6 Å². The first-order valence-electron chi connectivity index (χ1n) is 4.72. The number of anilines is 1. The Morgan fingerprint density at radius 2 is 2.25 bits per heavy atom. The Kier molecular flexibility index (Phi) is 3.31. The minimum Gasteiger partial charge on any atom is -0.497 e. The fourth-order valence-electron chi connectivity index (χ4n) is 1.34. The van der Waals surface area contributed by atoms with Gasteiger partial charge >= 0.3 is 0 Å². The number of hydrogen-bond donors (Lipinski definition) is 1. The molecular formula is C11H11ClN2OS. The van der Waals surface area contributed by atoms with Gasteiger partial charge in [0, 0.05) is 18.0 Å². The number of thiazole rings is 1.